The summed E-state index contributed by atoms with van der Waals surface area (Å²) >= 11 is 5.96. The Bertz CT molecular complexity index is 471. The van der Waals surface area contributed by atoms with E-state index in [1.807, 2.05) is 0 Å². The van der Waals surface area contributed by atoms with Gasteiger partial charge >= 0.3 is 0 Å². The van der Waals surface area contributed by atoms with Gasteiger partial charge in [-0.1, -0.05) is 31.5 Å². The van der Waals surface area contributed by atoms with E-state index in [0.29, 0.717) is 19.1 Å². The second-order valence-corrected chi connectivity index (χ2v) is 5.42. The molecule has 0 saturated carbocycles. The van der Waals surface area contributed by atoms with Gasteiger partial charge in [0.15, 0.2) is 0 Å². The van der Waals surface area contributed by atoms with E-state index in [0.717, 1.165) is 19.5 Å². The van der Waals surface area contributed by atoms with Crippen molar-refractivity contribution in [3.63, 3.8) is 0 Å². The number of halogens is 2. The third-order valence-corrected chi connectivity index (χ3v) is 4.27. The first-order valence-corrected chi connectivity index (χ1v) is 7.43. The second-order valence-electron chi connectivity index (χ2n) is 5.01. The molecule has 0 radical (unpaired) electrons. The lowest BCUT2D eigenvalue weighted by molar-refractivity contribution is 0.0773. The van der Waals surface area contributed by atoms with Crippen LogP contribution in [0.3, 0.4) is 0 Å². The average molecular weight is 299 g/mol. The minimum absolute atomic E-state index is 0.00522. The average Bonchev–Trinajstić information content (AvgIpc) is 2.89. The first-order valence-electron chi connectivity index (χ1n) is 7.05. The number of hydrogen-bond acceptors (Lipinski definition) is 2. The standard InChI is InChI=1S/C15H20ClFN2O/c1-3-18(4-2)11-8-9-19(10-11)15(20)14-12(16)6-5-7-13(14)17/h5-7,11H,3-4,8-10H2,1-2H3. The Kier molecular flexibility index (Phi) is 5.00. The van der Waals surface area contributed by atoms with Gasteiger partial charge in [0.05, 0.1) is 10.6 Å². The molecule has 20 heavy (non-hydrogen) atoms. The molecule has 0 aliphatic carbocycles. The zero-order valence-electron chi connectivity index (χ0n) is 11.9. The number of benzene rings is 1. The molecule has 1 aromatic rings. The van der Waals surface area contributed by atoms with Crippen LogP contribution in [-0.4, -0.2) is 47.9 Å². The summed E-state index contributed by atoms with van der Waals surface area (Å²) in [6, 6.07) is 4.70. The highest BCUT2D eigenvalue weighted by atomic mass is 35.5. The first kappa shape index (κ1) is 15.3. The van der Waals surface area contributed by atoms with Crippen LogP contribution in [0.1, 0.15) is 30.6 Å². The molecule has 1 saturated heterocycles. The molecule has 2 rings (SSSR count). The van der Waals surface area contributed by atoms with E-state index in [1.54, 1.807) is 11.0 Å². The molecule has 1 unspecified atom stereocenters. The van der Waals surface area contributed by atoms with Crippen molar-refractivity contribution in [1.82, 2.24) is 9.80 Å². The van der Waals surface area contributed by atoms with Crippen molar-refractivity contribution in [2.24, 2.45) is 0 Å². The second kappa shape index (κ2) is 6.55. The zero-order chi connectivity index (χ0) is 14.7. The van der Waals surface area contributed by atoms with Crippen molar-refractivity contribution in [3.8, 4) is 0 Å². The number of carbonyl (C=O) groups excluding carboxylic acids is 1. The summed E-state index contributed by atoms with van der Waals surface area (Å²) in [4.78, 5) is 16.4. The molecule has 0 spiro atoms. The summed E-state index contributed by atoms with van der Waals surface area (Å²) in [6.07, 6.45) is 0.930. The molecule has 1 fully saturated rings. The van der Waals surface area contributed by atoms with Gasteiger partial charge in [-0.2, -0.15) is 0 Å². The Morgan fingerprint density at radius 2 is 2.15 bits per heavy atom. The van der Waals surface area contributed by atoms with Gasteiger partial charge in [-0.15, -0.1) is 0 Å². The Hall–Kier alpha value is -1.13. The van der Waals surface area contributed by atoms with Crippen molar-refractivity contribution in [2.45, 2.75) is 26.3 Å². The lowest BCUT2D eigenvalue weighted by Crippen LogP contribution is -2.38. The molecule has 0 aromatic heterocycles. The van der Waals surface area contributed by atoms with Crippen LogP contribution < -0.4 is 0 Å². The van der Waals surface area contributed by atoms with Gasteiger partial charge in [0.25, 0.3) is 5.91 Å². The van der Waals surface area contributed by atoms with Crippen molar-refractivity contribution < 1.29 is 9.18 Å². The van der Waals surface area contributed by atoms with E-state index in [9.17, 15) is 9.18 Å². The lowest BCUT2D eigenvalue weighted by atomic mass is 10.2. The maximum Gasteiger partial charge on any atom is 0.258 e. The Labute approximate surface area is 124 Å². The number of rotatable bonds is 4. The van der Waals surface area contributed by atoms with Gasteiger partial charge in [0.2, 0.25) is 0 Å². The van der Waals surface area contributed by atoms with Crippen LogP contribution in [0.5, 0.6) is 0 Å². The molecule has 1 heterocycles. The van der Waals surface area contributed by atoms with Crippen molar-refractivity contribution in [3.05, 3.63) is 34.6 Å². The molecule has 0 bridgehead atoms. The summed E-state index contributed by atoms with van der Waals surface area (Å²) in [7, 11) is 0. The van der Waals surface area contributed by atoms with Crippen LogP contribution >= 0.6 is 11.6 Å². The van der Waals surface area contributed by atoms with Gasteiger partial charge in [0, 0.05) is 19.1 Å². The number of carbonyl (C=O) groups is 1. The molecular formula is C15H20ClFN2O. The molecule has 110 valence electrons. The molecular weight excluding hydrogens is 279 g/mol. The van der Waals surface area contributed by atoms with Crippen LogP contribution in [0.2, 0.25) is 5.02 Å². The van der Waals surface area contributed by atoms with Crippen LogP contribution in [0.25, 0.3) is 0 Å². The summed E-state index contributed by atoms with van der Waals surface area (Å²) in [5, 5.41) is 0.182. The SMILES string of the molecule is CCN(CC)C1CCN(C(=O)c2c(F)cccc2Cl)C1. The number of hydrogen-bond donors (Lipinski definition) is 0. The minimum Gasteiger partial charge on any atom is -0.337 e. The molecule has 5 heteroatoms. The van der Waals surface area contributed by atoms with E-state index in [2.05, 4.69) is 18.7 Å². The van der Waals surface area contributed by atoms with Crippen LogP contribution in [0.4, 0.5) is 4.39 Å². The van der Waals surface area contributed by atoms with E-state index < -0.39 is 5.82 Å². The Morgan fingerprint density at radius 3 is 2.75 bits per heavy atom. The maximum absolute atomic E-state index is 13.8. The smallest absolute Gasteiger partial charge is 0.258 e. The van der Waals surface area contributed by atoms with Crippen molar-refractivity contribution in [1.29, 1.82) is 0 Å². The summed E-state index contributed by atoms with van der Waals surface area (Å²) in [5.74, 6) is -0.850. The van der Waals surface area contributed by atoms with Crippen LogP contribution in [0.15, 0.2) is 18.2 Å². The van der Waals surface area contributed by atoms with Gasteiger partial charge in [0.1, 0.15) is 5.82 Å². The summed E-state index contributed by atoms with van der Waals surface area (Å²) in [5.41, 5.74) is -0.00522. The molecule has 1 aromatic carbocycles. The van der Waals surface area contributed by atoms with Gasteiger partial charge in [-0.3, -0.25) is 9.69 Å². The number of likely N-dealkylation sites (N-methyl/N-ethyl adjacent to an activating group) is 1. The highest BCUT2D eigenvalue weighted by Crippen LogP contribution is 2.24. The topological polar surface area (TPSA) is 23.6 Å². The quantitative estimate of drug-likeness (QED) is 0.853. The fraction of sp³-hybridized carbons (Fsp3) is 0.533. The van der Waals surface area contributed by atoms with E-state index in [-0.39, 0.29) is 16.5 Å². The number of nitrogens with zero attached hydrogens (tertiary/aromatic N) is 2. The predicted octanol–water partition coefficient (Wildman–Crippen LogP) is 3.04. The maximum atomic E-state index is 13.8. The fourth-order valence-electron chi connectivity index (χ4n) is 2.82. The van der Waals surface area contributed by atoms with Gasteiger partial charge in [-0.25, -0.2) is 4.39 Å². The number of likely N-dealkylation sites (tertiary alicyclic amines) is 1. The molecule has 1 amide bonds. The largest absolute Gasteiger partial charge is 0.337 e. The van der Waals surface area contributed by atoms with Crippen molar-refractivity contribution >= 4 is 17.5 Å². The molecule has 1 aliphatic heterocycles. The molecule has 3 nitrogen and oxygen atoms in total. The third-order valence-electron chi connectivity index (χ3n) is 3.96. The Morgan fingerprint density at radius 1 is 1.45 bits per heavy atom. The van der Waals surface area contributed by atoms with E-state index in [1.165, 1.54) is 12.1 Å². The van der Waals surface area contributed by atoms with Crippen LogP contribution in [0, 0.1) is 5.82 Å². The first-order chi connectivity index (χ1) is 9.58. The predicted molar refractivity (Wildman–Crippen MR) is 78.6 cm³/mol. The number of amides is 1. The van der Waals surface area contributed by atoms with Crippen LogP contribution in [-0.2, 0) is 0 Å². The normalized spacial score (nSPS) is 18.9. The zero-order valence-corrected chi connectivity index (χ0v) is 12.7. The van der Waals surface area contributed by atoms with Gasteiger partial charge in [-0.05, 0) is 31.6 Å². The van der Waals surface area contributed by atoms with E-state index in [4.69, 9.17) is 11.6 Å². The van der Waals surface area contributed by atoms with E-state index >= 15 is 0 Å². The fourth-order valence-corrected chi connectivity index (χ4v) is 3.07. The van der Waals surface area contributed by atoms with Crippen molar-refractivity contribution in [2.75, 3.05) is 26.2 Å². The monoisotopic (exact) mass is 298 g/mol. The highest BCUT2D eigenvalue weighted by Gasteiger charge is 2.31. The molecule has 1 aliphatic rings. The lowest BCUT2D eigenvalue weighted by Gasteiger charge is -2.26. The van der Waals surface area contributed by atoms with Gasteiger partial charge < -0.3 is 4.90 Å². The molecule has 0 N–H and O–H groups in total. The summed E-state index contributed by atoms with van der Waals surface area (Å²) in [6.45, 7) is 7.45. The summed E-state index contributed by atoms with van der Waals surface area (Å²) < 4.78 is 13.8. The Balaban J connectivity index is 2.12. The highest BCUT2D eigenvalue weighted by molar-refractivity contribution is 6.33. The third kappa shape index (κ3) is 2.96. The minimum atomic E-state index is -0.547. The molecule has 1 atom stereocenters.